The fourth-order valence-electron chi connectivity index (χ4n) is 4.90. The zero-order valence-electron chi connectivity index (χ0n) is 18.2. The Morgan fingerprint density at radius 1 is 1.13 bits per heavy atom. The number of nitrogens with zero attached hydrogens (tertiary/aromatic N) is 3. The van der Waals surface area contributed by atoms with Gasteiger partial charge in [0.05, 0.1) is 0 Å². The van der Waals surface area contributed by atoms with Crippen LogP contribution in [0.3, 0.4) is 0 Å². The number of hydrogen-bond acceptors (Lipinski definition) is 3. The van der Waals surface area contributed by atoms with Crippen molar-refractivity contribution in [1.29, 1.82) is 0 Å². The van der Waals surface area contributed by atoms with Crippen molar-refractivity contribution in [2.24, 2.45) is 0 Å². The standard InChI is InChI=1S/C23H34FN5O/c1-17-3-4-18(2)29(17)14-11-27-9-12-28(13-10-27)23(30)25-8-7-19-16-26-22-15-20(24)5-6-21(19)22/h5-6,15-18,26H,3-4,7-14H2,1-2H3,(H,25,30). The normalized spacial score (nSPS) is 23.4. The van der Waals surface area contributed by atoms with E-state index in [-0.39, 0.29) is 11.8 Å². The van der Waals surface area contributed by atoms with Crippen molar-refractivity contribution in [2.75, 3.05) is 45.8 Å². The molecule has 0 saturated carbocycles. The van der Waals surface area contributed by atoms with Gasteiger partial charge in [-0.1, -0.05) is 0 Å². The fourth-order valence-corrected chi connectivity index (χ4v) is 4.90. The van der Waals surface area contributed by atoms with Gasteiger partial charge in [-0.2, -0.15) is 0 Å². The van der Waals surface area contributed by atoms with Crippen LogP contribution in [0.4, 0.5) is 9.18 Å². The number of benzene rings is 1. The van der Waals surface area contributed by atoms with Gasteiger partial charge in [0.15, 0.2) is 0 Å². The molecule has 2 N–H and O–H groups in total. The third kappa shape index (κ3) is 4.78. The fraction of sp³-hybridized carbons (Fsp3) is 0.609. The number of H-pyrrole nitrogens is 1. The van der Waals surface area contributed by atoms with E-state index in [0.717, 1.165) is 62.2 Å². The molecule has 0 spiro atoms. The van der Waals surface area contributed by atoms with Crippen molar-refractivity contribution in [3.63, 3.8) is 0 Å². The van der Waals surface area contributed by atoms with Crippen LogP contribution in [0.15, 0.2) is 24.4 Å². The molecule has 1 aromatic carbocycles. The first-order valence-electron chi connectivity index (χ1n) is 11.3. The summed E-state index contributed by atoms with van der Waals surface area (Å²) in [5.41, 5.74) is 1.89. The Morgan fingerprint density at radius 3 is 2.60 bits per heavy atom. The van der Waals surface area contributed by atoms with Crippen LogP contribution < -0.4 is 5.32 Å². The first kappa shape index (κ1) is 21.1. The quantitative estimate of drug-likeness (QED) is 0.763. The smallest absolute Gasteiger partial charge is 0.317 e. The average Bonchev–Trinajstić information content (AvgIpc) is 3.29. The molecule has 164 valence electrons. The van der Waals surface area contributed by atoms with E-state index >= 15 is 0 Å². The number of likely N-dealkylation sites (tertiary alicyclic amines) is 1. The third-order valence-electron chi connectivity index (χ3n) is 6.87. The van der Waals surface area contributed by atoms with Crippen molar-refractivity contribution in [3.05, 3.63) is 35.8 Å². The first-order valence-corrected chi connectivity index (χ1v) is 11.3. The number of urea groups is 1. The van der Waals surface area contributed by atoms with Crippen LogP contribution in [0.25, 0.3) is 10.9 Å². The zero-order chi connectivity index (χ0) is 21.1. The molecule has 4 rings (SSSR count). The lowest BCUT2D eigenvalue weighted by atomic mass is 10.1. The molecule has 2 atom stereocenters. The number of rotatable bonds is 6. The maximum Gasteiger partial charge on any atom is 0.317 e. The largest absolute Gasteiger partial charge is 0.361 e. The molecule has 2 aliphatic heterocycles. The van der Waals surface area contributed by atoms with Crippen molar-refractivity contribution in [2.45, 2.75) is 45.2 Å². The maximum atomic E-state index is 13.3. The molecule has 0 radical (unpaired) electrons. The lowest BCUT2D eigenvalue weighted by molar-refractivity contribution is 0.118. The average molecular weight is 416 g/mol. The summed E-state index contributed by atoms with van der Waals surface area (Å²) in [6.45, 7) is 10.9. The minimum atomic E-state index is -0.243. The van der Waals surface area contributed by atoms with Crippen LogP contribution in [0.2, 0.25) is 0 Å². The second-order valence-corrected chi connectivity index (χ2v) is 8.83. The van der Waals surface area contributed by atoms with E-state index in [1.54, 1.807) is 6.07 Å². The molecular formula is C23H34FN5O. The van der Waals surface area contributed by atoms with E-state index in [0.29, 0.717) is 18.6 Å². The number of carbonyl (C=O) groups excluding carboxylic acids is 1. The number of piperazine rings is 1. The van der Waals surface area contributed by atoms with E-state index in [9.17, 15) is 9.18 Å². The van der Waals surface area contributed by atoms with Crippen molar-refractivity contribution in [1.82, 2.24) is 25.0 Å². The van der Waals surface area contributed by atoms with Gasteiger partial charge in [0.1, 0.15) is 5.82 Å². The van der Waals surface area contributed by atoms with E-state index in [1.807, 2.05) is 11.1 Å². The van der Waals surface area contributed by atoms with Crippen LogP contribution in [-0.2, 0) is 6.42 Å². The van der Waals surface area contributed by atoms with Gasteiger partial charge in [-0.25, -0.2) is 9.18 Å². The Hall–Kier alpha value is -2.12. The molecule has 2 fully saturated rings. The molecule has 2 aromatic rings. The molecule has 2 saturated heterocycles. The number of fused-ring (bicyclic) bond motifs is 1. The predicted molar refractivity (Wildman–Crippen MR) is 118 cm³/mol. The molecule has 2 unspecified atom stereocenters. The number of halogens is 1. The van der Waals surface area contributed by atoms with Crippen LogP contribution in [0, 0.1) is 5.82 Å². The Morgan fingerprint density at radius 2 is 1.87 bits per heavy atom. The molecular weight excluding hydrogens is 381 g/mol. The number of carbonyl (C=O) groups is 1. The summed E-state index contributed by atoms with van der Waals surface area (Å²) in [6, 6.07) is 6.18. The van der Waals surface area contributed by atoms with Crippen LogP contribution >= 0.6 is 0 Å². The highest BCUT2D eigenvalue weighted by Gasteiger charge is 2.28. The van der Waals surface area contributed by atoms with Gasteiger partial charge < -0.3 is 15.2 Å². The molecule has 0 bridgehead atoms. The van der Waals surface area contributed by atoms with Crippen LogP contribution in [0.1, 0.15) is 32.3 Å². The van der Waals surface area contributed by atoms with Gasteiger partial charge in [0.2, 0.25) is 0 Å². The second-order valence-electron chi connectivity index (χ2n) is 8.83. The molecule has 6 nitrogen and oxygen atoms in total. The summed E-state index contributed by atoms with van der Waals surface area (Å²) in [6.07, 6.45) is 5.25. The lowest BCUT2D eigenvalue weighted by Gasteiger charge is -2.36. The Labute approximate surface area is 178 Å². The molecule has 7 heteroatoms. The summed E-state index contributed by atoms with van der Waals surface area (Å²) in [4.78, 5) is 22.6. The Balaban J connectivity index is 1.17. The SMILES string of the molecule is CC1CCC(C)N1CCN1CCN(C(=O)NCCc2c[nH]c3cc(F)ccc23)CC1. The van der Waals surface area contributed by atoms with E-state index in [1.165, 1.54) is 25.0 Å². The van der Waals surface area contributed by atoms with Gasteiger partial charge in [-0.15, -0.1) is 0 Å². The van der Waals surface area contributed by atoms with Crippen molar-refractivity contribution < 1.29 is 9.18 Å². The molecule has 30 heavy (non-hydrogen) atoms. The third-order valence-corrected chi connectivity index (χ3v) is 6.87. The Bertz CT molecular complexity index is 850. The molecule has 2 aliphatic rings. The maximum absolute atomic E-state index is 13.3. The Kier molecular flexibility index (Phi) is 6.58. The highest BCUT2D eigenvalue weighted by Crippen LogP contribution is 2.23. The summed E-state index contributed by atoms with van der Waals surface area (Å²) < 4.78 is 13.3. The summed E-state index contributed by atoms with van der Waals surface area (Å²) in [5.74, 6) is -0.243. The number of amides is 2. The summed E-state index contributed by atoms with van der Waals surface area (Å²) in [5, 5.41) is 4.06. The van der Waals surface area contributed by atoms with Crippen molar-refractivity contribution >= 4 is 16.9 Å². The van der Waals surface area contributed by atoms with Crippen LogP contribution in [0.5, 0.6) is 0 Å². The van der Waals surface area contributed by atoms with E-state index in [4.69, 9.17) is 0 Å². The predicted octanol–water partition coefficient (Wildman–Crippen LogP) is 3.05. The summed E-state index contributed by atoms with van der Waals surface area (Å²) >= 11 is 0. The first-order chi connectivity index (χ1) is 14.5. The molecule has 1 aromatic heterocycles. The van der Waals surface area contributed by atoms with Gasteiger partial charge in [-0.05, 0) is 56.9 Å². The topological polar surface area (TPSA) is 54.6 Å². The number of hydrogen-bond donors (Lipinski definition) is 2. The minimum Gasteiger partial charge on any atom is -0.361 e. The van der Waals surface area contributed by atoms with Gasteiger partial charge in [0, 0.05) is 75.0 Å². The highest BCUT2D eigenvalue weighted by atomic mass is 19.1. The number of nitrogens with one attached hydrogen (secondary N) is 2. The zero-order valence-corrected chi connectivity index (χ0v) is 18.2. The lowest BCUT2D eigenvalue weighted by Crippen LogP contribution is -2.53. The highest BCUT2D eigenvalue weighted by molar-refractivity contribution is 5.83. The molecule has 0 aliphatic carbocycles. The summed E-state index contributed by atoms with van der Waals surface area (Å²) in [7, 11) is 0. The van der Waals surface area contributed by atoms with Gasteiger partial charge in [-0.3, -0.25) is 9.80 Å². The van der Waals surface area contributed by atoms with Gasteiger partial charge >= 0.3 is 6.03 Å². The number of aromatic amines is 1. The van der Waals surface area contributed by atoms with Crippen molar-refractivity contribution in [3.8, 4) is 0 Å². The van der Waals surface area contributed by atoms with Gasteiger partial charge in [0.25, 0.3) is 0 Å². The van der Waals surface area contributed by atoms with E-state index < -0.39 is 0 Å². The molecule has 3 heterocycles. The second kappa shape index (κ2) is 9.35. The minimum absolute atomic E-state index is 0.0160. The molecule has 2 amide bonds. The monoisotopic (exact) mass is 415 g/mol. The van der Waals surface area contributed by atoms with E-state index in [2.05, 4.69) is 33.9 Å². The van der Waals surface area contributed by atoms with Crippen LogP contribution in [-0.4, -0.2) is 83.6 Å². The number of aromatic nitrogens is 1.